The second-order valence-corrected chi connectivity index (χ2v) is 6.66. The molecule has 2 heterocycles. The van der Waals surface area contributed by atoms with Crippen molar-refractivity contribution >= 4 is 41.1 Å². The number of halogens is 3. The summed E-state index contributed by atoms with van der Waals surface area (Å²) in [6, 6.07) is 5.76. The van der Waals surface area contributed by atoms with E-state index in [-0.39, 0.29) is 28.6 Å². The number of aromatic nitrogens is 2. The normalized spacial score (nSPS) is 14.0. The van der Waals surface area contributed by atoms with E-state index in [0.29, 0.717) is 36.6 Å². The van der Waals surface area contributed by atoms with E-state index in [2.05, 4.69) is 20.0 Å². The monoisotopic (exact) mass is 409 g/mol. The van der Waals surface area contributed by atoms with Gasteiger partial charge in [0.25, 0.3) is 6.43 Å². The Morgan fingerprint density at radius 2 is 2.21 bits per heavy atom. The fourth-order valence-corrected chi connectivity index (χ4v) is 3.14. The van der Waals surface area contributed by atoms with Crippen molar-refractivity contribution in [2.45, 2.75) is 12.8 Å². The van der Waals surface area contributed by atoms with E-state index in [1.165, 1.54) is 25.3 Å². The largest absolute Gasteiger partial charge is 0.469 e. The van der Waals surface area contributed by atoms with Crippen LogP contribution in [-0.2, 0) is 9.53 Å². The molecule has 2 aromatic rings. The fraction of sp³-hybridized carbons (Fsp3) is 0.333. The lowest BCUT2D eigenvalue weighted by atomic mass is 9.96. The van der Waals surface area contributed by atoms with Gasteiger partial charge < -0.3 is 20.4 Å². The zero-order chi connectivity index (χ0) is 20.3. The Morgan fingerprint density at radius 1 is 1.46 bits per heavy atom. The molecule has 2 N–H and O–H groups in total. The molecule has 0 bridgehead atoms. The Hall–Kier alpha value is -2.81. The number of nitrogens with one attached hydrogen (secondary N) is 2. The Morgan fingerprint density at radius 3 is 2.86 bits per heavy atom. The summed E-state index contributed by atoms with van der Waals surface area (Å²) in [5, 5.41) is 10.6. The summed E-state index contributed by atoms with van der Waals surface area (Å²) in [4.78, 5) is 21.6. The predicted octanol–water partition coefficient (Wildman–Crippen LogP) is 3.81. The van der Waals surface area contributed by atoms with Crippen molar-refractivity contribution in [1.82, 2.24) is 9.97 Å². The van der Waals surface area contributed by atoms with Crippen LogP contribution >= 0.6 is 11.6 Å². The maximum atomic E-state index is 12.9. The van der Waals surface area contributed by atoms with Gasteiger partial charge in [0.05, 0.1) is 19.1 Å². The minimum Gasteiger partial charge on any atom is -0.469 e. The van der Waals surface area contributed by atoms with Crippen molar-refractivity contribution < 1.29 is 18.3 Å². The first kappa shape index (κ1) is 19.9. The van der Waals surface area contributed by atoms with Crippen LogP contribution in [0.4, 0.5) is 26.1 Å². The maximum absolute atomic E-state index is 12.9. The van der Waals surface area contributed by atoms with Gasteiger partial charge in [-0.1, -0.05) is 12.1 Å². The van der Waals surface area contributed by atoms with E-state index < -0.39 is 6.43 Å². The molecule has 148 valence electrons. The summed E-state index contributed by atoms with van der Waals surface area (Å²) in [5.74, 6) is 0.536. The van der Waals surface area contributed by atoms with Gasteiger partial charge in [0.15, 0.2) is 0 Å². The zero-order valence-corrected chi connectivity index (χ0v) is 15.7. The van der Waals surface area contributed by atoms with Crippen molar-refractivity contribution in [2.24, 2.45) is 5.92 Å². The first-order valence-corrected chi connectivity index (χ1v) is 8.84. The number of esters is 1. The second kappa shape index (κ2) is 8.47. The lowest BCUT2D eigenvalue weighted by molar-refractivity contribution is -0.141. The molecule has 7 nitrogen and oxygen atoms in total. The molecule has 0 aliphatic carbocycles. The molecular weight excluding hydrogens is 392 g/mol. The van der Waals surface area contributed by atoms with Gasteiger partial charge in [-0.25, -0.2) is 8.78 Å². The highest BCUT2D eigenvalue weighted by molar-refractivity contribution is 6.28. The molecule has 3 rings (SSSR count). The molecule has 0 saturated carbocycles. The SMILES string of the molecule is COC(=O)CC1CN(c2nc(Cl)nc(Nc3cccc(C(F)F)c3)c2C=N)C1. The van der Waals surface area contributed by atoms with Crippen LogP contribution in [0, 0.1) is 11.3 Å². The van der Waals surface area contributed by atoms with Crippen molar-refractivity contribution in [1.29, 1.82) is 5.41 Å². The number of alkyl halides is 2. The Labute approximate surface area is 165 Å². The average Bonchev–Trinajstić information content (AvgIpc) is 2.63. The number of anilines is 3. The van der Waals surface area contributed by atoms with Crippen LogP contribution in [0.5, 0.6) is 0 Å². The van der Waals surface area contributed by atoms with Crippen LogP contribution in [0.25, 0.3) is 0 Å². The number of methoxy groups -OCH3 is 1. The van der Waals surface area contributed by atoms with Gasteiger partial charge in [-0.3, -0.25) is 4.79 Å². The highest BCUT2D eigenvalue weighted by Crippen LogP contribution is 2.33. The number of carbonyl (C=O) groups excluding carboxylic acids is 1. The molecule has 1 aliphatic rings. The van der Waals surface area contributed by atoms with E-state index in [0.717, 1.165) is 6.21 Å². The van der Waals surface area contributed by atoms with Crippen LogP contribution < -0.4 is 10.2 Å². The number of nitrogens with zero attached hydrogens (tertiary/aromatic N) is 3. The number of benzene rings is 1. The lowest BCUT2D eigenvalue weighted by Crippen LogP contribution is -2.48. The first-order chi connectivity index (χ1) is 13.4. The van der Waals surface area contributed by atoms with E-state index in [1.54, 1.807) is 6.07 Å². The van der Waals surface area contributed by atoms with Crippen LogP contribution in [0.1, 0.15) is 24.0 Å². The van der Waals surface area contributed by atoms with E-state index >= 15 is 0 Å². The lowest BCUT2D eigenvalue weighted by Gasteiger charge is -2.40. The van der Waals surface area contributed by atoms with Crippen molar-refractivity contribution in [3.8, 4) is 0 Å². The molecule has 1 fully saturated rings. The molecule has 1 saturated heterocycles. The van der Waals surface area contributed by atoms with Crippen molar-refractivity contribution in [2.75, 3.05) is 30.4 Å². The molecule has 1 aromatic heterocycles. The number of hydrogen-bond acceptors (Lipinski definition) is 7. The van der Waals surface area contributed by atoms with Crippen LogP contribution in [0.2, 0.25) is 5.28 Å². The molecule has 1 aliphatic heterocycles. The summed E-state index contributed by atoms with van der Waals surface area (Å²) in [7, 11) is 1.34. The Balaban J connectivity index is 1.83. The quantitative estimate of drug-likeness (QED) is 0.410. The topological polar surface area (TPSA) is 91.2 Å². The molecule has 28 heavy (non-hydrogen) atoms. The highest BCUT2D eigenvalue weighted by Gasteiger charge is 2.32. The number of ether oxygens (including phenoxy) is 1. The number of carbonyl (C=O) groups is 1. The van der Waals surface area contributed by atoms with Crippen molar-refractivity contribution in [3.05, 3.63) is 40.7 Å². The molecule has 1 aromatic carbocycles. The summed E-state index contributed by atoms with van der Waals surface area (Å²) < 4.78 is 30.5. The molecule has 0 radical (unpaired) electrons. The van der Waals surface area contributed by atoms with E-state index in [1.807, 2.05) is 4.90 Å². The van der Waals surface area contributed by atoms with Crippen LogP contribution in [0.3, 0.4) is 0 Å². The van der Waals surface area contributed by atoms with E-state index in [4.69, 9.17) is 17.0 Å². The van der Waals surface area contributed by atoms with Crippen LogP contribution in [0.15, 0.2) is 24.3 Å². The molecule has 0 atom stereocenters. The summed E-state index contributed by atoms with van der Waals surface area (Å²) >= 11 is 6.04. The Bertz CT molecular complexity index is 890. The highest BCUT2D eigenvalue weighted by atomic mass is 35.5. The summed E-state index contributed by atoms with van der Waals surface area (Å²) in [5.41, 5.74) is 0.646. The zero-order valence-electron chi connectivity index (χ0n) is 15.0. The molecule has 0 spiro atoms. The van der Waals surface area contributed by atoms with Crippen LogP contribution in [-0.4, -0.2) is 42.4 Å². The number of rotatable bonds is 7. The molecular formula is C18H18ClF2N5O2. The third-order valence-electron chi connectivity index (χ3n) is 4.38. The third kappa shape index (κ3) is 4.36. The summed E-state index contributed by atoms with van der Waals surface area (Å²) in [6.07, 6.45) is -1.21. The molecule has 0 amide bonds. The molecule has 0 unspecified atom stereocenters. The van der Waals surface area contributed by atoms with Gasteiger partial charge >= 0.3 is 5.97 Å². The second-order valence-electron chi connectivity index (χ2n) is 6.33. The minimum absolute atomic E-state index is 0.0375. The standard InChI is InChI=1S/C18H18ClF2N5O2/c1-28-14(27)5-10-8-26(9-10)17-13(7-22)16(24-18(19)25-17)23-12-4-2-3-11(6-12)15(20)21/h2-4,6-7,10,15,22H,5,8-9H2,1H3,(H,23,24,25). The van der Waals surface area contributed by atoms with Gasteiger partial charge in [0.1, 0.15) is 11.6 Å². The van der Waals surface area contributed by atoms with Gasteiger partial charge in [0.2, 0.25) is 5.28 Å². The fourth-order valence-electron chi connectivity index (χ4n) is 2.98. The van der Waals surface area contributed by atoms with Gasteiger partial charge in [-0.15, -0.1) is 0 Å². The maximum Gasteiger partial charge on any atom is 0.305 e. The van der Waals surface area contributed by atoms with Gasteiger partial charge in [0, 0.05) is 36.5 Å². The Kier molecular flexibility index (Phi) is 6.03. The smallest absolute Gasteiger partial charge is 0.305 e. The van der Waals surface area contributed by atoms with E-state index in [9.17, 15) is 13.6 Å². The first-order valence-electron chi connectivity index (χ1n) is 8.46. The molecule has 10 heteroatoms. The van der Waals surface area contributed by atoms with Crippen molar-refractivity contribution in [3.63, 3.8) is 0 Å². The summed E-state index contributed by atoms with van der Waals surface area (Å²) in [6.45, 7) is 1.12. The average molecular weight is 410 g/mol. The number of hydrogen-bond donors (Lipinski definition) is 2. The van der Waals surface area contributed by atoms with Gasteiger partial charge in [-0.2, -0.15) is 9.97 Å². The van der Waals surface area contributed by atoms with Gasteiger partial charge in [-0.05, 0) is 23.7 Å². The minimum atomic E-state index is -2.60. The predicted molar refractivity (Wildman–Crippen MR) is 102 cm³/mol. The third-order valence-corrected chi connectivity index (χ3v) is 4.55.